The lowest BCUT2D eigenvalue weighted by atomic mass is 10.1. The summed E-state index contributed by atoms with van der Waals surface area (Å²) in [5.41, 5.74) is 1.79. The van der Waals surface area contributed by atoms with Crippen LogP contribution in [0.5, 0.6) is 5.75 Å². The summed E-state index contributed by atoms with van der Waals surface area (Å²) in [5.74, 6) is 1.59. The Kier molecular flexibility index (Phi) is 7.70. The first-order valence-corrected chi connectivity index (χ1v) is 12.1. The molecule has 3 aromatic rings. The third-order valence-corrected chi connectivity index (χ3v) is 5.59. The third kappa shape index (κ3) is 6.39. The molecule has 4 heterocycles. The van der Waals surface area contributed by atoms with E-state index in [1.165, 1.54) is 0 Å². The van der Waals surface area contributed by atoms with Gasteiger partial charge in [-0.1, -0.05) is 0 Å². The zero-order chi connectivity index (χ0) is 24.8. The van der Waals surface area contributed by atoms with E-state index < -0.39 is 11.7 Å². The molecule has 4 rings (SSSR count). The van der Waals surface area contributed by atoms with Gasteiger partial charge in [-0.2, -0.15) is 5.10 Å². The molecule has 1 aliphatic rings. The Hall–Kier alpha value is -3.40. The van der Waals surface area contributed by atoms with Gasteiger partial charge in [-0.15, -0.1) is 0 Å². The van der Waals surface area contributed by atoms with Crippen LogP contribution in [0.3, 0.4) is 0 Å². The number of rotatable bonds is 8. The molecular weight excluding hydrogens is 448 g/mol. The average molecular weight is 483 g/mol. The first-order valence-electron chi connectivity index (χ1n) is 12.1. The first kappa shape index (κ1) is 24.7. The lowest BCUT2D eigenvalue weighted by Crippen LogP contribution is -2.44. The van der Waals surface area contributed by atoms with E-state index >= 15 is 0 Å². The summed E-state index contributed by atoms with van der Waals surface area (Å²) in [6, 6.07) is 6.01. The van der Waals surface area contributed by atoms with Crippen LogP contribution in [0, 0.1) is 0 Å². The maximum absolute atomic E-state index is 11.8. The second kappa shape index (κ2) is 10.9. The molecule has 0 saturated carbocycles. The van der Waals surface area contributed by atoms with E-state index in [0.29, 0.717) is 26.4 Å². The number of nitrogens with one attached hydrogen (secondary N) is 2. The third-order valence-electron chi connectivity index (χ3n) is 5.59. The number of hydrogen-bond donors (Lipinski definition) is 2. The summed E-state index contributed by atoms with van der Waals surface area (Å²) in [6.45, 7) is 10.8. The van der Waals surface area contributed by atoms with Gasteiger partial charge in [0.25, 0.3) is 0 Å². The minimum atomic E-state index is -0.505. The van der Waals surface area contributed by atoms with Crippen LogP contribution in [-0.4, -0.2) is 70.8 Å². The number of anilines is 1. The molecule has 0 spiro atoms. The van der Waals surface area contributed by atoms with Gasteiger partial charge in [0, 0.05) is 36.9 Å². The Bertz CT molecular complexity index is 1130. The number of carbonyl (C=O) groups excluding carboxylic acids is 1. The topological polar surface area (TPSA) is 114 Å². The summed E-state index contributed by atoms with van der Waals surface area (Å²) >= 11 is 0. The number of aromatic nitrogens is 4. The minimum Gasteiger partial charge on any atom is -0.493 e. The van der Waals surface area contributed by atoms with E-state index in [-0.39, 0.29) is 6.04 Å². The number of aromatic amines is 1. The van der Waals surface area contributed by atoms with Crippen molar-refractivity contribution in [1.82, 2.24) is 25.5 Å². The quantitative estimate of drug-likeness (QED) is 0.464. The standard InChI is InChI=1S/C25H34N6O4/c1-17-16-33-14-12-31(17)21-15-20(34-13-6-5-9-27-24(32)35-25(2,3)4)18-7-10-26-23(22(18)29-21)19-8-11-28-30-19/h7-8,10-11,15,17H,5-6,9,12-14,16H2,1-4H3,(H,27,32)(H,28,30)/t17-/m1/s1. The molecule has 1 saturated heterocycles. The Morgan fingerprint density at radius 2 is 2.14 bits per heavy atom. The van der Waals surface area contributed by atoms with Crippen molar-refractivity contribution in [1.29, 1.82) is 0 Å². The van der Waals surface area contributed by atoms with E-state index in [4.69, 9.17) is 19.2 Å². The van der Waals surface area contributed by atoms with Crippen molar-refractivity contribution in [2.45, 2.75) is 52.2 Å². The number of morpholine rings is 1. The van der Waals surface area contributed by atoms with Gasteiger partial charge in [-0.05, 0) is 52.7 Å². The van der Waals surface area contributed by atoms with Crippen molar-refractivity contribution in [3.63, 3.8) is 0 Å². The van der Waals surface area contributed by atoms with Gasteiger partial charge in [-0.3, -0.25) is 10.1 Å². The van der Waals surface area contributed by atoms with Crippen LogP contribution in [-0.2, 0) is 9.47 Å². The van der Waals surface area contributed by atoms with Gasteiger partial charge in [0.1, 0.15) is 28.4 Å². The molecule has 1 fully saturated rings. The predicted octanol–water partition coefficient (Wildman–Crippen LogP) is 3.93. The van der Waals surface area contributed by atoms with Crippen molar-refractivity contribution in [2.24, 2.45) is 0 Å². The summed E-state index contributed by atoms with van der Waals surface area (Å²) < 4.78 is 17.1. The molecule has 0 aliphatic carbocycles. The number of H-pyrrole nitrogens is 1. The van der Waals surface area contributed by atoms with E-state index in [9.17, 15) is 4.79 Å². The summed E-state index contributed by atoms with van der Waals surface area (Å²) in [5, 5.41) is 10.7. The van der Waals surface area contributed by atoms with Gasteiger partial charge >= 0.3 is 6.09 Å². The van der Waals surface area contributed by atoms with Crippen LogP contribution in [0.15, 0.2) is 30.6 Å². The molecule has 3 aromatic heterocycles. The number of carbonyl (C=O) groups is 1. The number of unbranched alkanes of at least 4 members (excludes halogenated alkanes) is 1. The smallest absolute Gasteiger partial charge is 0.407 e. The molecule has 1 atom stereocenters. The van der Waals surface area contributed by atoms with Crippen molar-refractivity contribution in [3.05, 3.63) is 30.6 Å². The molecule has 0 bridgehead atoms. The highest BCUT2D eigenvalue weighted by atomic mass is 16.6. The monoisotopic (exact) mass is 482 g/mol. The zero-order valence-corrected chi connectivity index (χ0v) is 20.8. The van der Waals surface area contributed by atoms with Crippen LogP contribution in [0.4, 0.5) is 10.6 Å². The number of amides is 1. The fraction of sp³-hybridized carbons (Fsp3) is 0.520. The fourth-order valence-corrected chi connectivity index (χ4v) is 3.94. The zero-order valence-electron chi connectivity index (χ0n) is 20.8. The highest BCUT2D eigenvalue weighted by molar-refractivity contribution is 5.95. The molecule has 1 amide bonds. The van der Waals surface area contributed by atoms with E-state index in [0.717, 1.165) is 53.2 Å². The predicted molar refractivity (Wildman–Crippen MR) is 134 cm³/mol. The lowest BCUT2D eigenvalue weighted by Gasteiger charge is -2.34. The molecule has 2 N–H and O–H groups in total. The van der Waals surface area contributed by atoms with Gasteiger partial charge in [0.15, 0.2) is 0 Å². The molecule has 10 heteroatoms. The van der Waals surface area contributed by atoms with Crippen molar-refractivity contribution >= 4 is 22.8 Å². The van der Waals surface area contributed by atoms with Crippen LogP contribution in [0.25, 0.3) is 22.3 Å². The van der Waals surface area contributed by atoms with Crippen molar-refractivity contribution in [3.8, 4) is 17.1 Å². The second-order valence-corrected chi connectivity index (χ2v) is 9.61. The Labute approximate surface area is 205 Å². The number of nitrogens with zero attached hydrogens (tertiary/aromatic N) is 4. The first-order chi connectivity index (χ1) is 16.8. The van der Waals surface area contributed by atoms with Gasteiger partial charge in [-0.25, -0.2) is 9.78 Å². The van der Waals surface area contributed by atoms with Crippen LogP contribution >= 0.6 is 0 Å². The minimum absolute atomic E-state index is 0.202. The van der Waals surface area contributed by atoms with Gasteiger partial charge < -0.3 is 24.4 Å². The second-order valence-electron chi connectivity index (χ2n) is 9.61. The van der Waals surface area contributed by atoms with E-state index in [1.54, 1.807) is 12.4 Å². The summed E-state index contributed by atoms with van der Waals surface area (Å²) in [7, 11) is 0. The maximum atomic E-state index is 11.8. The number of pyridine rings is 2. The average Bonchev–Trinajstić information content (AvgIpc) is 3.34. The molecule has 35 heavy (non-hydrogen) atoms. The fourth-order valence-electron chi connectivity index (χ4n) is 3.94. The van der Waals surface area contributed by atoms with Crippen LogP contribution in [0.2, 0.25) is 0 Å². The molecule has 0 unspecified atom stereocenters. The SMILES string of the molecule is C[C@@H]1COCCN1c1cc(OCCCCNC(=O)OC(C)(C)C)c2ccnc(-c3ccn[nH]3)c2n1. The molecule has 0 radical (unpaired) electrons. The van der Waals surface area contributed by atoms with Crippen molar-refractivity contribution in [2.75, 3.05) is 37.8 Å². The molecular formula is C25H34N6O4. The normalized spacial score (nSPS) is 16.3. The number of fused-ring (bicyclic) bond motifs is 1. The van der Waals surface area contributed by atoms with Crippen LogP contribution in [0.1, 0.15) is 40.5 Å². The summed E-state index contributed by atoms with van der Waals surface area (Å²) in [4.78, 5) is 23.6. The Morgan fingerprint density at radius 3 is 2.89 bits per heavy atom. The molecule has 188 valence electrons. The molecule has 10 nitrogen and oxygen atoms in total. The highest BCUT2D eigenvalue weighted by Gasteiger charge is 2.23. The molecule has 0 aromatic carbocycles. The molecule has 1 aliphatic heterocycles. The van der Waals surface area contributed by atoms with E-state index in [2.05, 4.69) is 32.3 Å². The number of hydrogen-bond acceptors (Lipinski definition) is 8. The number of alkyl carbamates (subject to hydrolysis) is 1. The number of ether oxygens (including phenoxy) is 3. The van der Waals surface area contributed by atoms with Crippen LogP contribution < -0.4 is 15.0 Å². The van der Waals surface area contributed by atoms with Gasteiger partial charge in [0.05, 0.1) is 31.6 Å². The highest BCUT2D eigenvalue weighted by Crippen LogP contribution is 2.34. The van der Waals surface area contributed by atoms with Crippen molar-refractivity contribution < 1.29 is 19.0 Å². The Balaban J connectivity index is 1.49. The Morgan fingerprint density at radius 1 is 1.29 bits per heavy atom. The van der Waals surface area contributed by atoms with E-state index in [1.807, 2.05) is 39.0 Å². The van der Waals surface area contributed by atoms with Gasteiger partial charge in [0.2, 0.25) is 0 Å². The summed E-state index contributed by atoms with van der Waals surface area (Å²) in [6.07, 6.45) is 4.61. The largest absolute Gasteiger partial charge is 0.493 e. The maximum Gasteiger partial charge on any atom is 0.407 e. The lowest BCUT2D eigenvalue weighted by molar-refractivity contribution is 0.0526.